The Morgan fingerprint density at radius 1 is 1.52 bits per heavy atom. The SMILES string of the molecule is C#CCC(CC(=O)OCC)NS(=O)(=O)c1cccc(O)c1. The summed E-state index contributed by atoms with van der Waals surface area (Å²) in [6.07, 6.45) is 5.08. The van der Waals surface area contributed by atoms with Crippen molar-refractivity contribution in [3.05, 3.63) is 24.3 Å². The first kappa shape index (κ1) is 17.0. The number of aromatic hydroxyl groups is 1. The molecule has 1 aromatic rings. The molecule has 1 aromatic carbocycles. The van der Waals surface area contributed by atoms with Crippen molar-refractivity contribution >= 4 is 16.0 Å². The van der Waals surface area contributed by atoms with Crippen LogP contribution in [0.5, 0.6) is 5.75 Å². The number of esters is 1. The molecule has 0 amide bonds. The summed E-state index contributed by atoms with van der Waals surface area (Å²) >= 11 is 0. The number of carbonyl (C=O) groups is 1. The van der Waals surface area contributed by atoms with Gasteiger partial charge < -0.3 is 9.84 Å². The first-order chi connectivity index (χ1) is 9.89. The van der Waals surface area contributed by atoms with E-state index in [-0.39, 0.29) is 30.1 Å². The predicted molar refractivity (Wildman–Crippen MR) is 76.9 cm³/mol. The lowest BCUT2D eigenvalue weighted by molar-refractivity contribution is -0.143. The van der Waals surface area contributed by atoms with E-state index < -0.39 is 22.0 Å². The van der Waals surface area contributed by atoms with Gasteiger partial charge in [-0.1, -0.05) is 6.07 Å². The van der Waals surface area contributed by atoms with Gasteiger partial charge >= 0.3 is 5.97 Å². The average molecular weight is 311 g/mol. The van der Waals surface area contributed by atoms with Crippen molar-refractivity contribution in [2.45, 2.75) is 30.7 Å². The Bertz CT molecular complexity index is 633. The molecule has 0 aromatic heterocycles. The highest BCUT2D eigenvalue weighted by atomic mass is 32.2. The van der Waals surface area contributed by atoms with Crippen molar-refractivity contribution in [3.8, 4) is 18.1 Å². The van der Waals surface area contributed by atoms with E-state index >= 15 is 0 Å². The molecule has 1 rings (SSSR count). The van der Waals surface area contributed by atoms with E-state index in [0.29, 0.717) is 0 Å². The highest BCUT2D eigenvalue weighted by Crippen LogP contribution is 2.16. The summed E-state index contributed by atoms with van der Waals surface area (Å²) < 4.78 is 31.5. The monoisotopic (exact) mass is 311 g/mol. The Kier molecular flexibility index (Phi) is 6.21. The fourth-order valence-electron chi connectivity index (χ4n) is 1.66. The molecule has 21 heavy (non-hydrogen) atoms. The molecular formula is C14H17NO5S. The Balaban J connectivity index is 2.87. The topological polar surface area (TPSA) is 92.7 Å². The minimum Gasteiger partial charge on any atom is -0.508 e. The minimum atomic E-state index is -3.88. The van der Waals surface area contributed by atoms with Gasteiger partial charge in [-0.25, -0.2) is 13.1 Å². The third-order valence-corrected chi connectivity index (χ3v) is 4.05. The van der Waals surface area contributed by atoms with Crippen LogP contribution in [0.1, 0.15) is 19.8 Å². The summed E-state index contributed by atoms with van der Waals surface area (Å²) in [5, 5.41) is 9.33. The number of benzene rings is 1. The molecule has 0 spiro atoms. The van der Waals surface area contributed by atoms with Gasteiger partial charge in [0.2, 0.25) is 10.0 Å². The highest BCUT2D eigenvalue weighted by molar-refractivity contribution is 7.89. The van der Waals surface area contributed by atoms with Gasteiger partial charge in [-0.05, 0) is 25.1 Å². The zero-order valence-corrected chi connectivity index (χ0v) is 12.4. The van der Waals surface area contributed by atoms with Crippen LogP contribution in [0.2, 0.25) is 0 Å². The molecular weight excluding hydrogens is 294 g/mol. The van der Waals surface area contributed by atoms with Crippen LogP contribution in [0.4, 0.5) is 0 Å². The number of phenolic OH excluding ortho intramolecular Hbond substituents is 1. The number of terminal acetylenes is 1. The second-order valence-corrected chi connectivity index (χ2v) is 5.95. The molecule has 7 heteroatoms. The smallest absolute Gasteiger partial charge is 0.307 e. The zero-order chi connectivity index (χ0) is 15.9. The van der Waals surface area contributed by atoms with Crippen LogP contribution in [0, 0.1) is 12.3 Å². The molecule has 0 bridgehead atoms. The number of hydrogen-bond acceptors (Lipinski definition) is 5. The maximum atomic E-state index is 12.2. The molecule has 1 atom stereocenters. The summed E-state index contributed by atoms with van der Waals surface area (Å²) in [5.41, 5.74) is 0. The normalized spacial score (nSPS) is 12.4. The van der Waals surface area contributed by atoms with E-state index in [1.54, 1.807) is 6.92 Å². The van der Waals surface area contributed by atoms with Gasteiger partial charge in [-0.3, -0.25) is 4.79 Å². The van der Waals surface area contributed by atoms with Gasteiger partial charge in [0.05, 0.1) is 17.9 Å². The lowest BCUT2D eigenvalue weighted by atomic mass is 10.1. The third-order valence-electron chi connectivity index (χ3n) is 2.53. The Morgan fingerprint density at radius 3 is 2.81 bits per heavy atom. The Hall–Kier alpha value is -2.04. The second-order valence-electron chi connectivity index (χ2n) is 4.23. The first-order valence-electron chi connectivity index (χ1n) is 6.29. The molecule has 0 radical (unpaired) electrons. The van der Waals surface area contributed by atoms with Crippen LogP contribution in [-0.4, -0.2) is 32.1 Å². The van der Waals surface area contributed by atoms with Crippen molar-refractivity contribution in [3.63, 3.8) is 0 Å². The predicted octanol–water partition coefficient (Wildman–Crippen LogP) is 1.02. The maximum absolute atomic E-state index is 12.2. The Morgan fingerprint density at radius 2 is 2.24 bits per heavy atom. The number of ether oxygens (including phenoxy) is 1. The highest BCUT2D eigenvalue weighted by Gasteiger charge is 2.22. The van der Waals surface area contributed by atoms with E-state index in [0.717, 1.165) is 6.07 Å². The van der Waals surface area contributed by atoms with Crippen LogP contribution < -0.4 is 4.72 Å². The molecule has 1 unspecified atom stereocenters. The minimum absolute atomic E-state index is 0.0524. The summed E-state index contributed by atoms with van der Waals surface area (Å²) in [6.45, 7) is 1.87. The van der Waals surface area contributed by atoms with Crippen LogP contribution in [0.15, 0.2) is 29.2 Å². The van der Waals surface area contributed by atoms with Crippen molar-refractivity contribution in [1.29, 1.82) is 0 Å². The number of sulfonamides is 1. The van der Waals surface area contributed by atoms with E-state index in [2.05, 4.69) is 10.6 Å². The first-order valence-corrected chi connectivity index (χ1v) is 7.77. The lowest BCUT2D eigenvalue weighted by Crippen LogP contribution is -2.36. The number of carbonyl (C=O) groups excluding carboxylic acids is 1. The summed E-state index contributed by atoms with van der Waals surface area (Å²) in [5.74, 6) is 1.62. The molecule has 0 saturated heterocycles. The molecule has 0 saturated carbocycles. The van der Waals surface area contributed by atoms with Crippen LogP contribution in [0.3, 0.4) is 0 Å². The Labute approximate surface area is 124 Å². The van der Waals surface area contributed by atoms with Crippen molar-refractivity contribution < 1.29 is 23.1 Å². The van der Waals surface area contributed by atoms with Crippen molar-refractivity contribution in [2.75, 3.05) is 6.61 Å². The van der Waals surface area contributed by atoms with Crippen molar-refractivity contribution in [1.82, 2.24) is 4.72 Å². The standard InChI is InChI=1S/C14H17NO5S/c1-3-6-11(9-14(17)20-4-2)15-21(18,19)13-8-5-7-12(16)10-13/h1,5,7-8,10-11,15-16H,4,6,9H2,2H3. The molecule has 0 fully saturated rings. The number of nitrogens with one attached hydrogen (secondary N) is 1. The fraction of sp³-hybridized carbons (Fsp3) is 0.357. The second kappa shape index (κ2) is 7.67. The molecule has 0 aliphatic rings. The fourth-order valence-corrected chi connectivity index (χ4v) is 2.93. The summed E-state index contributed by atoms with van der Waals surface area (Å²) in [7, 11) is -3.88. The van der Waals surface area contributed by atoms with Gasteiger partial charge in [0, 0.05) is 12.5 Å². The van der Waals surface area contributed by atoms with Crippen LogP contribution in [-0.2, 0) is 19.6 Å². The average Bonchev–Trinajstić information content (AvgIpc) is 2.38. The zero-order valence-electron chi connectivity index (χ0n) is 11.6. The van der Waals surface area contributed by atoms with Crippen LogP contribution in [0.25, 0.3) is 0 Å². The molecule has 0 heterocycles. The number of rotatable bonds is 7. The summed E-state index contributed by atoms with van der Waals surface area (Å²) in [4.78, 5) is 11.3. The molecule has 0 aliphatic carbocycles. The largest absolute Gasteiger partial charge is 0.508 e. The van der Waals surface area contributed by atoms with Gasteiger partial charge in [0.25, 0.3) is 0 Å². The van der Waals surface area contributed by atoms with Gasteiger partial charge in [0.1, 0.15) is 5.75 Å². The molecule has 114 valence electrons. The summed E-state index contributed by atoms with van der Waals surface area (Å²) in [6, 6.07) is 4.45. The van der Waals surface area contributed by atoms with Gasteiger partial charge in [-0.2, -0.15) is 0 Å². The maximum Gasteiger partial charge on any atom is 0.307 e. The van der Waals surface area contributed by atoms with E-state index in [1.165, 1.54) is 18.2 Å². The van der Waals surface area contributed by atoms with E-state index in [1.807, 2.05) is 0 Å². The van der Waals surface area contributed by atoms with E-state index in [4.69, 9.17) is 11.2 Å². The van der Waals surface area contributed by atoms with E-state index in [9.17, 15) is 18.3 Å². The molecule has 6 nitrogen and oxygen atoms in total. The number of hydrogen-bond donors (Lipinski definition) is 2. The van der Waals surface area contributed by atoms with Crippen LogP contribution >= 0.6 is 0 Å². The molecule has 2 N–H and O–H groups in total. The third kappa shape index (κ3) is 5.45. The van der Waals surface area contributed by atoms with Crippen molar-refractivity contribution in [2.24, 2.45) is 0 Å². The quantitative estimate of drug-likeness (QED) is 0.579. The van der Waals surface area contributed by atoms with Gasteiger partial charge in [0.15, 0.2) is 0 Å². The van der Waals surface area contributed by atoms with Gasteiger partial charge in [-0.15, -0.1) is 12.3 Å². The lowest BCUT2D eigenvalue weighted by Gasteiger charge is -2.16. The molecule has 0 aliphatic heterocycles. The number of phenols is 1.